The van der Waals surface area contributed by atoms with Crippen LogP contribution in [0.5, 0.6) is 0 Å². The van der Waals surface area contributed by atoms with E-state index >= 15 is 0 Å². The molecule has 0 saturated heterocycles. The fourth-order valence-corrected chi connectivity index (χ4v) is 3.40. The topological polar surface area (TPSA) is 53.6 Å². The molecule has 2 aromatic rings. The zero-order chi connectivity index (χ0) is 11.5. The van der Waals surface area contributed by atoms with E-state index in [1.54, 1.807) is 11.2 Å². The summed E-state index contributed by atoms with van der Waals surface area (Å²) in [5.41, 5.74) is 1.51. The molecular weight excluding hydrogens is 232 g/mol. The molecule has 17 heavy (non-hydrogen) atoms. The van der Waals surface area contributed by atoms with Gasteiger partial charge >= 0.3 is 0 Å². The number of hydrogen-bond acceptors (Lipinski definition) is 4. The molecule has 0 aromatic carbocycles. The van der Waals surface area contributed by atoms with Gasteiger partial charge in [0.25, 0.3) is 0 Å². The molecule has 0 radical (unpaired) electrons. The van der Waals surface area contributed by atoms with E-state index in [2.05, 4.69) is 31.9 Å². The predicted octanol–water partition coefficient (Wildman–Crippen LogP) is 2.08. The lowest BCUT2D eigenvalue weighted by atomic mass is 9.94. The third kappa shape index (κ3) is 2.40. The summed E-state index contributed by atoms with van der Waals surface area (Å²) < 4.78 is 0. The summed E-state index contributed by atoms with van der Waals surface area (Å²) in [5.74, 6) is 0.957. The van der Waals surface area contributed by atoms with Gasteiger partial charge in [0.1, 0.15) is 12.2 Å². The van der Waals surface area contributed by atoms with Crippen LogP contribution in [0.15, 0.2) is 17.8 Å². The lowest BCUT2D eigenvalue weighted by molar-refractivity contribution is 0.465. The van der Waals surface area contributed by atoms with Crippen molar-refractivity contribution in [2.45, 2.75) is 31.7 Å². The van der Waals surface area contributed by atoms with Crippen molar-refractivity contribution in [2.24, 2.45) is 0 Å². The lowest BCUT2D eigenvalue weighted by Crippen LogP contribution is -2.26. The Labute approximate surface area is 104 Å². The maximum Gasteiger partial charge on any atom is 0.137 e. The number of nitrogens with zero attached hydrogens (tertiary/aromatic N) is 2. The first kappa shape index (κ1) is 10.9. The second-order valence-corrected chi connectivity index (χ2v) is 5.38. The Morgan fingerprint density at radius 2 is 2.53 bits per heavy atom. The molecule has 90 valence electrons. The molecule has 1 unspecified atom stereocenters. The average molecular weight is 248 g/mol. The fraction of sp³-hybridized carbons (Fsp3) is 0.500. The first-order valence-corrected chi connectivity index (χ1v) is 6.95. The lowest BCUT2D eigenvalue weighted by Gasteiger charge is -2.23. The van der Waals surface area contributed by atoms with E-state index in [1.807, 2.05) is 11.3 Å². The van der Waals surface area contributed by atoms with Crippen LogP contribution in [0, 0.1) is 0 Å². The number of rotatable bonds is 4. The zero-order valence-electron chi connectivity index (χ0n) is 9.65. The van der Waals surface area contributed by atoms with Crippen molar-refractivity contribution in [3.8, 4) is 0 Å². The van der Waals surface area contributed by atoms with Crippen LogP contribution in [0.1, 0.15) is 35.1 Å². The first-order valence-electron chi connectivity index (χ1n) is 6.07. The van der Waals surface area contributed by atoms with Crippen molar-refractivity contribution >= 4 is 11.3 Å². The molecule has 5 heteroatoms. The van der Waals surface area contributed by atoms with Crippen molar-refractivity contribution < 1.29 is 0 Å². The summed E-state index contributed by atoms with van der Waals surface area (Å²) in [7, 11) is 0. The number of aromatic nitrogens is 3. The molecule has 0 bridgehead atoms. The Hall–Kier alpha value is -1.20. The second-order valence-electron chi connectivity index (χ2n) is 4.38. The molecule has 1 aliphatic rings. The van der Waals surface area contributed by atoms with E-state index < -0.39 is 0 Å². The van der Waals surface area contributed by atoms with E-state index in [0.717, 1.165) is 18.8 Å². The van der Waals surface area contributed by atoms with E-state index in [-0.39, 0.29) is 0 Å². The molecule has 0 aliphatic heterocycles. The van der Waals surface area contributed by atoms with E-state index in [4.69, 9.17) is 0 Å². The van der Waals surface area contributed by atoms with Crippen molar-refractivity contribution in [1.29, 1.82) is 0 Å². The Morgan fingerprint density at radius 3 is 3.41 bits per heavy atom. The number of hydrogen-bond donors (Lipinski definition) is 2. The molecule has 0 fully saturated rings. The number of fused-ring (bicyclic) bond motifs is 1. The van der Waals surface area contributed by atoms with Gasteiger partial charge in [0.15, 0.2) is 0 Å². The summed E-state index contributed by atoms with van der Waals surface area (Å²) in [6.07, 6.45) is 6.28. The maximum atomic E-state index is 4.13. The Bertz CT molecular complexity index is 463. The van der Waals surface area contributed by atoms with Crippen LogP contribution in [-0.2, 0) is 12.8 Å². The van der Waals surface area contributed by atoms with Crippen molar-refractivity contribution in [3.05, 3.63) is 34.0 Å². The number of aromatic amines is 1. The van der Waals surface area contributed by atoms with Gasteiger partial charge in [-0.05, 0) is 36.3 Å². The van der Waals surface area contributed by atoms with Crippen LogP contribution >= 0.6 is 11.3 Å². The predicted molar refractivity (Wildman–Crippen MR) is 68.1 cm³/mol. The molecule has 2 heterocycles. The molecule has 0 spiro atoms. The third-order valence-electron chi connectivity index (χ3n) is 3.27. The summed E-state index contributed by atoms with van der Waals surface area (Å²) in [6, 6.07) is 2.80. The zero-order valence-corrected chi connectivity index (χ0v) is 10.5. The molecule has 2 N–H and O–H groups in total. The largest absolute Gasteiger partial charge is 0.309 e. The van der Waals surface area contributed by atoms with E-state index in [1.165, 1.54) is 24.8 Å². The molecule has 2 aromatic heterocycles. The third-order valence-corrected chi connectivity index (χ3v) is 4.27. The molecule has 1 aliphatic carbocycles. The van der Waals surface area contributed by atoms with E-state index in [9.17, 15) is 0 Å². The van der Waals surface area contributed by atoms with Crippen molar-refractivity contribution in [2.75, 3.05) is 6.54 Å². The molecule has 0 saturated carbocycles. The van der Waals surface area contributed by atoms with Gasteiger partial charge in [-0.15, -0.1) is 11.3 Å². The van der Waals surface area contributed by atoms with Gasteiger partial charge in [-0.1, -0.05) is 0 Å². The minimum absolute atomic E-state index is 0.535. The van der Waals surface area contributed by atoms with Crippen LogP contribution in [0.2, 0.25) is 0 Å². The smallest absolute Gasteiger partial charge is 0.137 e. The van der Waals surface area contributed by atoms with Crippen LogP contribution in [0.25, 0.3) is 0 Å². The number of aryl methyl sites for hydroxylation is 1. The number of thiophene rings is 1. The van der Waals surface area contributed by atoms with Gasteiger partial charge in [-0.2, -0.15) is 5.10 Å². The summed E-state index contributed by atoms with van der Waals surface area (Å²) in [6.45, 7) is 0.954. The highest BCUT2D eigenvalue weighted by Crippen LogP contribution is 2.32. The highest BCUT2D eigenvalue weighted by atomic mass is 32.1. The Kier molecular flexibility index (Phi) is 3.20. The monoisotopic (exact) mass is 248 g/mol. The molecule has 1 atom stereocenters. The average Bonchev–Trinajstić information content (AvgIpc) is 2.99. The standard InChI is InChI=1S/C12H16N4S/c1-2-10(9-5-7-17-11(9)3-1)13-6-4-12-14-8-15-16-12/h5,7-8,10,13H,1-4,6H2,(H,14,15,16). The van der Waals surface area contributed by atoms with Crippen molar-refractivity contribution in [1.82, 2.24) is 20.5 Å². The van der Waals surface area contributed by atoms with Crippen LogP contribution in [0.4, 0.5) is 0 Å². The molecular formula is C12H16N4S. The Morgan fingerprint density at radius 1 is 1.53 bits per heavy atom. The summed E-state index contributed by atoms with van der Waals surface area (Å²) >= 11 is 1.89. The van der Waals surface area contributed by atoms with Gasteiger partial charge in [0.2, 0.25) is 0 Å². The second kappa shape index (κ2) is 4.98. The van der Waals surface area contributed by atoms with Gasteiger partial charge < -0.3 is 5.32 Å². The molecule has 4 nitrogen and oxygen atoms in total. The number of nitrogens with one attached hydrogen (secondary N) is 2. The normalized spacial score (nSPS) is 19.2. The van der Waals surface area contributed by atoms with Crippen LogP contribution in [-0.4, -0.2) is 21.7 Å². The minimum atomic E-state index is 0.535. The fourth-order valence-electron chi connectivity index (χ4n) is 2.41. The Balaban J connectivity index is 1.57. The highest BCUT2D eigenvalue weighted by molar-refractivity contribution is 7.10. The first-order chi connectivity index (χ1) is 8.43. The van der Waals surface area contributed by atoms with E-state index in [0.29, 0.717) is 6.04 Å². The highest BCUT2D eigenvalue weighted by Gasteiger charge is 2.20. The maximum absolute atomic E-state index is 4.13. The minimum Gasteiger partial charge on any atom is -0.309 e. The van der Waals surface area contributed by atoms with Gasteiger partial charge in [0, 0.05) is 23.9 Å². The van der Waals surface area contributed by atoms with Crippen molar-refractivity contribution in [3.63, 3.8) is 0 Å². The summed E-state index contributed by atoms with van der Waals surface area (Å²) in [5, 5.41) is 12.6. The van der Waals surface area contributed by atoms with Gasteiger partial charge in [-0.25, -0.2) is 4.98 Å². The summed E-state index contributed by atoms with van der Waals surface area (Å²) in [4.78, 5) is 5.69. The van der Waals surface area contributed by atoms with Crippen LogP contribution in [0.3, 0.4) is 0 Å². The molecule has 0 amide bonds. The van der Waals surface area contributed by atoms with Crippen LogP contribution < -0.4 is 5.32 Å². The SMILES string of the molecule is c1n[nH]c(CCNC2CCCc3sccc32)n1. The van der Waals surface area contributed by atoms with Gasteiger partial charge in [-0.3, -0.25) is 5.10 Å². The van der Waals surface area contributed by atoms with Gasteiger partial charge in [0.05, 0.1) is 0 Å². The number of H-pyrrole nitrogens is 1. The molecule has 3 rings (SSSR count). The quantitative estimate of drug-likeness (QED) is 0.871.